The summed E-state index contributed by atoms with van der Waals surface area (Å²) in [7, 11) is 0. The summed E-state index contributed by atoms with van der Waals surface area (Å²) in [6.45, 7) is 3.63. The van der Waals surface area contributed by atoms with Crippen LogP contribution in [-0.4, -0.2) is 34.2 Å². The van der Waals surface area contributed by atoms with Gasteiger partial charge in [0.2, 0.25) is 11.8 Å². The van der Waals surface area contributed by atoms with Crippen LogP contribution in [0.2, 0.25) is 0 Å². The smallest absolute Gasteiger partial charge is 0.321 e. The van der Waals surface area contributed by atoms with Gasteiger partial charge < -0.3 is 14.5 Å². The average molecular weight is 436 g/mol. The lowest BCUT2D eigenvalue weighted by Gasteiger charge is -2.13. The number of ether oxygens (including phenoxy) is 1. The number of carbonyl (C=O) groups is 3. The topological polar surface area (TPSA) is 123 Å². The van der Waals surface area contributed by atoms with Crippen molar-refractivity contribution in [2.24, 2.45) is 0 Å². The van der Waals surface area contributed by atoms with E-state index in [0.717, 1.165) is 16.7 Å². The fourth-order valence-electron chi connectivity index (χ4n) is 2.72. The maximum Gasteiger partial charge on any atom is 0.321 e. The summed E-state index contributed by atoms with van der Waals surface area (Å²) in [5.74, 6) is -0.687. The second-order valence-electron chi connectivity index (χ2n) is 7.16. The van der Waals surface area contributed by atoms with Crippen molar-refractivity contribution >= 4 is 17.9 Å². The third kappa shape index (κ3) is 6.76. The normalized spacial score (nSPS) is 11.4. The summed E-state index contributed by atoms with van der Waals surface area (Å²) in [4.78, 5) is 36.0. The Morgan fingerprint density at radius 2 is 1.75 bits per heavy atom. The van der Waals surface area contributed by atoms with Gasteiger partial charge in [-0.2, -0.15) is 0 Å². The minimum absolute atomic E-state index is 0.0483. The average Bonchev–Trinajstić information content (AvgIpc) is 3.26. The summed E-state index contributed by atoms with van der Waals surface area (Å²) in [6, 6.07) is 16.2. The maximum absolute atomic E-state index is 12.1. The lowest BCUT2D eigenvalue weighted by atomic mass is 10.1. The molecule has 3 amide bonds. The van der Waals surface area contributed by atoms with Gasteiger partial charge in [0, 0.05) is 18.5 Å². The highest BCUT2D eigenvalue weighted by molar-refractivity contribution is 5.97. The molecule has 3 rings (SSSR count). The molecule has 0 bridgehead atoms. The van der Waals surface area contributed by atoms with Gasteiger partial charge in [-0.05, 0) is 31.5 Å². The lowest BCUT2D eigenvalue weighted by Crippen LogP contribution is -2.44. The number of nitrogens with one attached hydrogen (secondary N) is 2. The monoisotopic (exact) mass is 436 g/mol. The number of esters is 1. The van der Waals surface area contributed by atoms with E-state index >= 15 is 0 Å². The molecule has 2 N–H and O–H groups in total. The zero-order valence-electron chi connectivity index (χ0n) is 17.8. The molecule has 0 spiro atoms. The van der Waals surface area contributed by atoms with Gasteiger partial charge >= 0.3 is 12.0 Å². The zero-order chi connectivity index (χ0) is 22.9. The van der Waals surface area contributed by atoms with Crippen molar-refractivity contribution in [3.05, 3.63) is 71.6 Å². The van der Waals surface area contributed by atoms with Gasteiger partial charge in [0.1, 0.15) is 0 Å². The summed E-state index contributed by atoms with van der Waals surface area (Å²) >= 11 is 0. The number of imide groups is 1. The summed E-state index contributed by atoms with van der Waals surface area (Å²) in [5, 5.41) is 12.6. The van der Waals surface area contributed by atoms with Crippen molar-refractivity contribution in [3.8, 4) is 11.5 Å². The Morgan fingerprint density at radius 1 is 1.03 bits per heavy atom. The van der Waals surface area contributed by atoms with E-state index in [1.807, 2.05) is 61.5 Å². The predicted octanol–water partition coefficient (Wildman–Crippen LogP) is 2.94. The standard InChI is InChI=1S/C23H24N4O5/c1-15-8-10-18(11-9-15)22-27-26-19(32-22)12-13-20(28)31-16(2)21(29)25-23(30)24-14-17-6-4-3-5-7-17/h3-11,16H,12-14H2,1-2H3,(H2,24,25,29,30). The summed E-state index contributed by atoms with van der Waals surface area (Å²) in [5.41, 5.74) is 2.79. The summed E-state index contributed by atoms with van der Waals surface area (Å²) in [6.07, 6.45) is -1.01. The highest BCUT2D eigenvalue weighted by Gasteiger charge is 2.20. The molecule has 1 heterocycles. The van der Waals surface area contributed by atoms with E-state index in [1.54, 1.807) is 0 Å². The van der Waals surface area contributed by atoms with Crippen LogP contribution in [0, 0.1) is 6.92 Å². The fourth-order valence-corrected chi connectivity index (χ4v) is 2.72. The fraction of sp³-hybridized carbons (Fsp3) is 0.261. The molecule has 0 aliphatic heterocycles. The van der Waals surface area contributed by atoms with E-state index in [1.165, 1.54) is 6.92 Å². The number of hydrogen-bond donors (Lipinski definition) is 2. The quantitative estimate of drug-likeness (QED) is 0.520. The van der Waals surface area contributed by atoms with Crippen LogP contribution in [0.15, 0.2) is 59.0 Å². The number of aromatic nitrogens is 2. The lowest BCUT2D eigenvalue weighted by molar-refractivity contribution is -0.154. The SMILES string of the molecule is Cc1ccc(-c2nnc(CCC(=O)OC(C)C(=O)NC(=O)NCc3ccccc3)o2)cc1. The summed E-state index contributed by atoms with van der Waals surface area (Å²) < 4.78 is 10.6. The maximum atomic E-state index is 12.1. The van der Waals surface area contributed by atoms with Crippen molar-refractivity contribution in [1.29, 1.82) is 0 Å². The molecule has 0 saturated carbocycles. The number of rotatable bonds is 8. The van der Waals surface area contributed by atoms with Gasteiger partial charge in [-0.3, -0.25) is 14.9 Å². The molecular formula is C23H24N4O5. The first-order valence-electron chi connectivity index (χ1n) is 10.1. The third-order valence-corrected chi connectivity index (χ3v) is 4.52. The first kappa shape index (κ1) is 22.7. The van der Waals surface area contributed by atoms with Crippen LogP contribution >= 0.6 is 0 Å². The molecule has 9 heteroatoms. The first-order valence-corrected chi connectivity index (χ1v) is 10.1. The van der Waals surface area contributed by atoms with Crippen LogP contribution < -0.4 is 10.6 Å². The Balaban J connectivity index is 1.40. The molecule has 0 aliphatic rings. The number of urea groups is 1. The van der Waals surface area contributed by atoms with Crippen molar-refractivity contribution < 1.29 is 23.5 Å². The van der Waals surface area contributed by atoms with Gasteiger partial charge in [-0.1, -0.05) is 48.0 Å². The predicted molar refractivity (Wildman–Crippen MR) is 115 cm³/mol. The van der Waals surface area contributed by atoms with E-state index in [-0.39, 0.29) is 25.3 Å². The molecule has 9 nitrogen and oxygen atoms in total. The number of benzene rings is 2. The number of hydrogen-bond acceptors (Lipinski definition) is 7. The van der Waals surface area contributed by atoms with Gasteiger partial charge in [0.25, 0.3) is 5.91 Å². The van der Waals surface area contributed by atoms with Crippen LogP contribution in [0.25, 0.3) is 11.5 Å². The van der Waals surface area contributed by atoms with Crippen molar-refractivity contribution in [1.82, 2.24) is 20.8 Å². The molecule has 2 aromatic carbocycles. The van der Waals surface area contributed by atoms with Crippen molar-refractivity contribution in [2.45, 2.75) is 39.3 Å². The molecule has 0 fully saturated rings. The highest BCUT2D eigenvalue weighted by Crippen LogP contribution is 2.18. The zero-order valence-corrected chi connectivity index (χ0v) is 17.8. The van der Waals surface area contributed by atoms with E-state index < -0.39 is 24.0 Å². The molecule has 1 aromatic heterocycles. The van der Waals surface area contributed by atoms with E-state index in [4.69, 9.17) is 9.15 Å². The number of nitrogens with zero attached hydrogens (tertiary/aromatic N) is 2. The Bertz CT molecular complexity index is 1060. The van der Waals surface area contributed by atoms with Crippen molar-refractivity contribution in [3.63, 3.8) is 0 Å². The van der Waals surface area contributed by atoms with Crippen LogP contribution in [0.5, 0.6) is 0 Å². The molecule has 0 aliphatic carbocycles. The molecule has 0 radical (unpaired) electrons. The number of amides is 3. The second-order valence-corrected chi connectivity index (χ2v) is 7.16. The number of aryl methyl sites for hydroxylation is 2. The molecule has 1 unspecified atom stereocenters. The largest absolute Gasteiger partial charge is 0.453 e. The van der Waals surface area contributed by atoms with E-state index in [2.05, 4.69) is 20.8 Å². The first-order chi connectivity index (χ1) is 15.4. The van der Waals surface area contributed by atoms with Gasteiger partial charge in [-0.15, -0.1) is 10.2 Å². The van der Waals surface area contributed by atoms with Crippen molar-refractivity contribution in [2.75, 3.05) is 0 Å². The van der Waals surface area contributed by atoms with E-state index in [9.17, 15) is 14.4 Å². The van der Waals surface area contributed by atoms with E-state index in [0.29, 0.717) is 5.89 Å². The van der Waals surface area contributed by atoms with Crippen LogP contribution in [-0.2, 0) is 27.3 Å². The molecule has 166 valence electrons. The van der Waals surface area contributed by atoms with Gasteiger partial charge in [0.15, 0.2) is 6.10 Å². The Kier molecular flexibility index (Phi) is 7.69. The van der Waals surface area contributed by atoms with Crippen LogP contribution in [0.3, 0.4) is 0 Å². The minimum atomic E-state index is -1.13. The number of carbonyl (C=O) groups excluding carboxylic acids is 3. The Hall–Kier alpha value is -4.01. The molecular weight excluding hydrogens is 412 g/mol. The van der Waals surface area contributed by atoms with Crippen LogP contribution in [0.4, 0.5) is 4.79 Å². The van der Waals surface area contributed by atoms with Gasteiger partial charge in [0.05, 0.1) is 6.42 Å². The second kappa shape index (κ2) is 10.9. The molecule has 3 aromatic rings. The third-order valence-electron chi connectivity index (χ3n) is 4.52. The minimum Gasteiger partial charge on any atom is -0.453 e. The molecule has 32 heavy (non-hydrogen) atoms. The molecule has 1 atom stereocenters. The molecule has 0 saturated heterocycles. The highest BCUT2D eigenvalue weighted by atomic mass is 16.5. The van der Waals surface area contributed by atoms with Gasteiger partial charge in [-0.25, -0.2) is 4.79 Å². The Morgan fingerprint density at radius 3 is 2.47 bits per heavy atom. The van der Waals surface area contributed by atoms with Crippen LogP contribution in [0.1, 0.15) is 30.4 Å². The Labute approximate surface area is 185 Å².